The summed E-state index contributed by atoms with van der Waals surface area (Å²) in [5.74, 6) is -0.0983. The number of rotatable bonds is 8. The summed E-state index contributed by atoms with van der Waals surface area (Å²) in [4.78, 5) is 18.9. The van der Waals surface area contributed by atoms with E-state index >= 15 is 0 Å². The molecule has 2 aromatic carbocycles. The van der Waals surface area contributed by atoms with E-state index < -0.39 is 0 Å². The number of piperazine rings is 1. The predicted molar refractivity (Wildman–Crippen MR) is 122 cm³/mol. The SMILES string of the molecule is CCCC(=O)NCC(c1ccc(N(C)C)cc1)N1CCN(c2ccc(F)cc2)CC1. The second-order valence-electron chi connectivity index (χ2n) is 8.06. The smallest absolute Gasteiger partial charge is 0.220 e. The van der Waals surface area contributed by atoms with Crippen LogP contribution in [0.15, 0.2) is 48.5 Å². The summed E-state index contributed by atoms with van der Waals surface area (Å²) in [5, 5.41) is 3.12. The molecule has 0 radical (unpaired) electrons. The number of amides is 1. The van der Waals surface area contributed by atoms with Crippen LogP contribution in [0, 0.1) is 5.82 Å². The number of nitrogens with zero attached hydrogens (tertiary/aromatic N) is 3. The van der Waals surface area contributed by atoms with Crippen LogP contribution >= 0.6 is 0 Å². The fourth-order valence-corrected chi connectivity index (χ4v) is 3.92. The van der Waals surface area contributed by atoms with E-state index in [2.05, 4.69) is 44.3 Å². The summed E-state index contributed by atoms with van der Waals surface area (Å²) in [7, 11) is 4.07. The van der Waals surface area contributed by atoms with Gasteiger partial charge in [-0.15, -0.1) is 0 Å². The summed E-state index contributed by atoms with van der Waals surface area (Å²) < 4.78 is 13.2. The van der Waals surface area contributed by atoms with Gasteiger partial charge in [0.25, 0.3) is 0 Å². The van der Waals surface area contributed by atoms with Crippen molar-refractivity contribution in [1.29, 1.82) is 0 Å². The first-order valence-electron chi connectivity index (χ1n) is 10.8. The molecule has 162 valence electrons. The summed E-state index contributed by atoms with van der Waals surface area (Å²) in [6.07, 6.45) is 1.41. The minimum Gasteiger partial charge on any atom is -0.378 e. The Hall–Kier alpha value is -2.60. The molecule has 5 nitrogen and oxygen atoms in total. The van der Waals surface area contributed by atoms with Gasteiger partial charge in [-0.1, -0.05) is 19.1 Å². The molecule has 1 N–H and O–H groups in total. The Balaban J connectivity index is 1.70. The average Bonchev–Trinajstić information content (AvgIpc) is 2.75. The number of hydrogen-bond donors (Lipinski definition) is 1. The van der Waals surface area contributed by atoms with Crippen molar-refractivity contribution in [2.75, 3.05) is 56.6 Å². The van der Waals surface area contributed by atoms with Gasteiger partial charge in [-0.25, -0.2) is 4.39 Å². The van der Waals surface area contributed by atoms with Gasteiger partial charge in [-0.3, -0.25) is 9.69 Å². The van der Waals surface area contributed by atoms with Crippen LogP contribution in [0.4, 0.5) is 15.8 Å². The summed E-state index contributed by atoms with van der Waals surface area (Å²) in [6, 6.07) is 15.4. The lowest BCUT2D eigenvalue weighted by molar-refractivity contribution is -0.121. The Morgan fingerprint density at radius 2 is 1.67 bits per heavy atom. The Morgan fingerprint density at radius 1 is 1.03 bits per heavy atom. The number of benzene rings is 2. The molecule has 1 fully saturated rings. The van der Waals surface area contributed by atoms with Crippen LogP contribution in [0.2, 0.25) is 0 Å². The predicted octanol–water partition coefficient (Wildman–Crippen LogP) is 3.67. The topological polar surface area (TPSA) is 38.8 Å². The van der Waals surface area contributed by atoms with Crippen LogP contribution in [-0.2, 0) is 4.79 Å². The molecule has 1 unspecified atom stereocenters. The monoisotopic (exact) mass is 412 g/mol. The lowest BCUT2D eigenvalue weighted by atomic mass is 10.0. The zero-order chi connectivity index (χ0) is 21.5. The number of anilines is 2. The first kappa shape index (κ1) is 22.1. The van der Waals surface area contributed by atoms with E-state index in [0.717, 1.165) is 44.0 Å². The van der Waals surface area contributed by atoms with Crippen molar-refractivity contribution in [2.45, 2.75) is 25.8 Å². The molecule has 1 amide bonds. The van der Waals surface area contributed by atoms with Crippen LogP contribution in [0.25, 0.3) is 0 Å². The molecule has 30 heavy (non-hydrogen) atoms. The zero-order valence-corrected chi connectivity index (χ0v) is 18.3. The van der Waals surface area contributed by atoms with Crippen molar-refractivity contribution in [1.82, 2.24) is 10.2 Å². The van der Waals surface area contributed by atoms with Gasteiger partial charge in [-0.05, 0) is 48.4 Å². The van der Waals surface area contributed by atoms with Crippen molar-refractivity contribution >= 4 is 17.3 Å². The molecule has 3 rings (SSSR count). The van der Waals surface area contributed by atoms with E-state index in [-0.39, 0.29) is 17.8 Å². The average molecular weight is 413 g/mol. The van der Waals surface area contributed by atoms with Gasteiger partial charge in [0.1, 0.15) is 5.82 Å². The number of hydrogen-bond acceptors (Lipinski definition) is 4. The Bertz CT molecular complexity index is 799. The maximum absolute atomic E-state index is 13.2. The molecule has 6 heteroatoms. The summed E-state index contributed by atoms with van der Waals surface area (Å²) >= 11 is 0. The van der Waals surface area contributed by atoms with Crippen molar-refractivity contribution in [2.24, 2.45) is 0 Å². The Morgan fingerprint density at radius 3 is 2.23 bits per heavy atom. The van der Waals surface area contributed by atoms with E-state index in [0.29, 0.717) is 13.0 Å². The highest BCUT2D eigenvalue weighted by molar-refractivity contribution is 5.75. The molecule has 0 aliphatic carbocycles. The maximum Gasteiger partial charge on any atom is 0.220 e. The van der Waals surface area contributed by atoms with E-state index in [9.17, 15) is 9.18 Å². The van der Waals surface area contributed by atoms with E-state index in [1.54, 1.807) is 0 Å². The van der Waals surface area contributed by atoms with Gasteiger partial charge in [0, 0.05) is 64.6 Å². The molecule has 0 bridgehead atoms. The van der Waals surface area contributed by atoms with Crippen LogP contribution in [0.1, 0.15) is 31.4 Å². The second kappa shape index (κ2) is 10.4. The molecule has 1 heterocycles. The van der Waals surface area contributed by atoms with Crippen LogP contribution in [0.5, 0.6) is 0 Å². The van der Waals surface area contributed by atoms with Gasteiger partial charge >= 0.3 is 0 Å². The van der Waals surface area contributed by atoms with Crippen LogP contribution < -0.4 is 15.1 Å². The van der Waals surface area contributed by atoms with Gasteiger partial charge in [-0.2, -0.15) is 0 Å². The van der Waals surface area contributed by atoms with E-state index in [4.69, 9.17) is 0 Å². The fraction of sp³-hybridized carbons (Fsp3) is 0.458. The lowest BCUT2D eigenvalue weighted by Gasteiger charge is -2.40. The molecule has 2 aromatic rings. The third kappa shape index (κ3) is 5.72. The zero-order valence-electron chi connectivity index (χ0n) is 18.3. The van der Waals surface area contributed by atoms with Crippen LogP contribution in [0.3, 0.4) is 0 Å². The molecule has 0 aromatic heterocycles. The van der Waals surface area contributed by atoms with Crippen LogP contribution in [-0.4, -0.2) is 57.6 Å². The number of halogens is 1. The molecular weight excluding hydrogens is 379 g/mol. The molecular formula is C24H33FN4O. The standard InChI is InChI=1S/C24H33FN4O/c1-4-5-24(30)26-18-23(19-6-10-21(11-7-19)27(2)3)29-16-14-28(15-17-29)22-12-8-20(25)9-13-22/h6-13,23H,4-5,14-18H2,1-3H3,(H,26,30). The quantitative estimate of drug-likeness (QED) is 0.718. The van der Waals surface area contributed by atoms with E-state index in [1.165, 1.54) is 17.7 Å². The highest BCUT2D eigenvalue weighted by atomic mass is 19.1. The summed E-state index contributed by atoms with van der Waals surface area (Å²) in [6.45, 7) is 6.16. The molecule has 0 spiro atoms. The first-order valence-corrected chi connectivity index (χ1v) is 10.8. The molecule has 1 saturated heterocycles. The molecule has 1 atom stereocenters. The normalized spacial score (nSPS) is 15.7. The third-order valence-corrected chi connectivity index (χ3v) is 5.71. The van der Waals surface area contributed by atoms with Gasteiger partial charge < -0.3 is 15.1 Å². The van der Waals surface area contributed by atoms with Crippen molar-refractivity contribution in [3.05, 3.63) is 59.9 Å². The second-order valence-corrected chi connectivity index (χ2v) is 8.06. The molecule has 0 saturated carbocycles. The Labute approximate surface area is 179 Å². The largest absolute Gasteiger partial charge is 0.378 e. The van der Waals surface area contributed by atoms with Gasteiger partial charge in [0.15, 0.2) is 0 Å². The van der Waals surface area contributed by atoms with Gasteiger partial charge in [0.2, 0.25) is 5.91 Å². The minimum atomic E-state index is -0.207. The van der Waals surface area contributed by atoms with Gasteiger partial charge in [0.05, 0.1) is 6.04 Å². The number of carbonyl (C=O) groups excluding carboxylic acids is 1. The van der Waals surface area contributed by atoms with E-state index in [1.807, 2.05) is 33.2 Å². The van der Waals surface area contributed by atoms with Crippen molar-refractivity contribution < 1.29 is 9.18 Å². The molecule has 1 aliphatic rings. The Kier molecular flexibility index (Phi) is 7.69. The lowest BCUT2D eigenvalue weighted by Crippen LogP contribution is -2.50. The number of carbonyl (C=O) groups is 1. The highest BCUT2D eigenvalue weighted by Gasteiger charge is 2.25. The first-order chi connectivity index (χ1) is 14.5. The fourth-order valence-electron chi connectivity index (χ4n) is 3.92. The van der Waals surface area contributed by atoms with Crippen molar-refractivity contribution in [3.63, 3.8) is 0 Å². The van der Waals surface area contributed by atoms with Crippen molar-refractivity contribution in [3.8, 4) is 0 Å². The molecule has 1 aliphatic heterocycles. The summed E-state index contributed by atoms with van der Waals surface area (Å²) in [5.41, 5.74) is 3.43. The third-order valence-electron chi connectivity index (χ3n) is 5.71. The highest BCUT2D eigenvalue weighted by Crippen LogP contribution is 2.26. The minimum absolute atomic E-state index is 0.109. The maximum atomic E-state index is 13.2. The number of nitrogens with one attached hydrogen (secondary N) is 1.